The second-order valence-electron chi connectivity index (χ2n) is 10.4. The first-order chi connectivity index (χ1) is 14.8. The molecular weight excluding hydrogens is 408 g/mol. The molecule has 1 fully saturated rings. The smallest absolute Gasteiger partial charge is 0.415 e. The van der Waals surface area contributed by atoms with Crippen molar-refractivity contribution in [1.82, 2.24) is 10.2 Å². The molecule has 1 aliphatic carbocycles. The lowest BCUT2D eigenvalue weighted by Crippen LogP contribution is -2.49. The van der Waals surface area contributed by atoms with E-state index in [-0.39, 0.29) is 24.3 Å². The summed E-state index contributed by atoms with van der Waals surface area (Å²) in [4.78, 5) is 39.0. The number of hydrogen-bond acceptors (Lipinski definition) is 5. The van der Waals surface area contributed by atoms with Crippen LogP contribution in [0.3, 0.4) is 0 Å². The highest BCUT2D eigenvalue weighted by Crippen LogP contribution is 2.29. The normalized spacial score (nSPS) is 14.7. The molecule has 0 unspecified atom stereocenters. The molecule has 0 heterocycles. The Morgan fingerprint density at radius 3 is 2.31 bits per heavy atom. The summed E-state index contributed by atoms with van der Waals surface area (Å²) >= 11 is 0. The van der Waals surface area contributed by atoms with Crippen LogP contribution in [0, 0.1) is 5.92 Å². The van der Waals surface area contributed by atoms with Crippen molar-refractivity contribution in [1.29, 1.82) is 0 Å². The number of carbonyl (C=O) groups is 3. The number of rotatable bonds is 7. The summed E-state index contributed by atoms with van der Waals surface area (Å²) < 4.78 is 10.8. The minimum atomic E-state index is -0.592. The second kappa shape index (κ2) is 10.8. The first-order valence-corrected chi connectivity index (χ1v) is 11.4. The van der Waals surface area contributed by atoms with Crippen LogP contribution in [0.4, 0.5) is 9.59 Å². The summed E-state index contributed by atoms with van der Waals surface area (Å²) in [6.45, 7) is 12.2. The molecular formula is C25H38N2O5. The zero-order chi connectivity index (χ0) is 23.9. The van der Waals surface area contributed by atoms with Gasteiger partial charge in [-0.15, -0.1) is 0 Å². The molecule has 0 radical (unpaired) electrons. The minimum absolute atomic E-state index is 0.117. The molecule has 32 heavy (non-hydrogen) atoms. The van der Waals surface area contributed by atoms with Crippen molar-refractivity contribution >= 4 is 18.0 Å². The van der Waals surface area contributed by atoms with Crippen molar-refractivity contribution in [2.75, 3.05) is 13.1 Å². The van der Waals surface area contributed by atoms with Gasteiger partial charge in [-0.3, -0.25) is 4.79 Å². The summed E-state index contributed by atoms with van der Waals surface area (Å²) in [5.74, 6) is 0.686. The van der Waals surface area contributed by atoms with Crippen LogP contribution in [-0.4, -0.2) is 47.1 Å². The fourth-order valence-corrected chi connectivity index (χ4v) is 3.70. The van der Waals surface area contributed by atoms with Gasteiger partial charge in [0.2, 0.25) is 0 Å². The van der Waals surface area contributed by atoms with E-state index in [2.05, 4.69) is 5.32 Å². The predicted molar refractivity (Wildman–Crippen MR) is 124 cm³/mol. The SMILES string of the molecule is CC(C)(C)OC(=O)NCCC(=O)c1cccc(OC(=O)N(CC2CCCC2)C(C)(C)C)c1. The highest BCUT2D eigenvalue weighted by Gasteiger charge is 2.31. The van der Waals surface area contributed by atoms with Gasteiger partial charge in [-0.05, 0) is 72.4 Å². The molecule has 0 saturated heterocycles. The first kappa shape index (κ1) is 25.7. The van der Waals surface area contributed by atoms with Crippen molar-refractivity contribution in [2.45, 2.75) is 84.8 Å². The molecule has 1 N–H and O–H groups in total. The molecule has 0 spiro atoms. The number of nitrogens with zero attached hydrogens (tertiary/aromatic N) is 1. The van der Waals surface area contributed by atoms with Crippen LogP contribution >= 0.6 is 0 Å². The number of hydrogen-bond donors (Lipinski definition) is 1. The molecule has 2 rings (SSSR count). The molecule has 7 heteroatoms. The van der Waals surface area contributed by atoms with Gasteiger partial charge in [0.05, 0.1) is 0 Å². The van der Waals surface area contributed by atoms with Crippen molar-refractivity contribution in [3.8, 4) is 5.75 Å². The molecule has 0 aromatic heterocycles. The van der Waals surface area contributed by atoms with Crippen LogP contribution < -0.4 is 10.1 Å². The predicted octanol–water partition coefficient (Wildman–Crippen LogP) is 5.57. The standard InChI is InChI=1S/C25H38N2O5/c1-24(2,3)27(17-18-10-7-8-11-18)23(30)31-20-13-9-12-19(16-20)21(28)14-15-26-22(29)32-25(4,5)6/h9,12-13,16,18H,7-8,10-11,14-15,17H2,1-6H3,(H,26,29). The topological polar surface area (TPSA) is 84.9 Å². The van der Waals surface area contributed by atoms with Gasteiger partial charge in [-0.1, -0.05) is 25.0 Å². The van der Waals surface area contributed by atoms with E-state index < -0.39 is 17.8 Å². The molecule has 1 aliphatic rings. The largest absolute Gasteiger partial charge is 0.444 e. The number of ketones is 1. The van der Waals surface area contributed by atoms with Crippen LogP contribution in [0.5, 0.6) is 5.75 Å². The zero-order valence-electron chi connectivity index (χ0n) is 20.3. The number of nitrogens with one attached hydrogen (secondary N) is 1. The first-order valence-electron chi connectivity index (χ1n) is 11.4. The van der Waals surface area contributed by atoms with Crippen molar-refractivity contribution in [2.24, 2.45) is 5.92 Å². The van der Waals surface area contributed by atoms with Crippen molar-refractivity contribution in [3.63, 3.8) is 0 Å². The lowest BCUT2D eigenvalue weighted by Gasteiger charge is -2.36. The van der Waals surface area contributed by atoms with Gasteiger partial charge in [-0.2, -0.15) is 0 Å². The Hall–Kier alpha value is -2.57. The third kappa shape index (κ3) is 8.52. The lowest BCUT2D eigenvalue weighted by atomic mass is 10.0. The maximum Gasteiger partial charge on any atom is 0.415 e. The van der Waals surface area contributed by atoms with Gasteiger partial charge < -0.3 is 19.7 Å². The fourth-order valence-electron chi connectivity index (χ4n) is 3.70. The Kier molecular flexibility index (Phi) is 8.70. The average molecular weight is 447 g/mol. The molecule has 178 valence electrons. The van der Waals surface area contributed by atoms with Gasteiger partial charge in [0, 0.05) is 30.6 Å². The second-order valence-corrected chi connectivity index (χ2v) is 10.4. The highest BCUT2D eigenvalue weighted by molar-refractivity contribution is 5.96. The number of amides is 2. The van der Waals surface area contributed by atoms with E-state index >= 15 is 0 Å². The third-order valence-corrected chi connectivity index (χ3v) is 5.33. The van der Waals surface area contributed by atoms with Gasteiger partial charge in [0.15, 0.2) is 5.78 Å². The fraction of sp³-hybridized carbons (Fsp3) is 0.640. The van der Waals surface area contributed by atoms with Crippen LogP contribution in [0.2, 0.25) is 0 Å². The molecule has 0 bridgehead atoms. The maximum atomic E-state index is 12.9. The van der Waals surface area contributed by atoms with Gasteiger partial charge in [0.1, 0.15) is 11.4 Å². The molecule has 1 aromatic carbocycles. The number of Topliss-reactive ketones (excluding diaryl/α,β-unsaturated/α-hetero) is 1. The Balaban J connectivity index is 1.95. The van der Waals surface area contributed by atoms with E-state index in [4.69, 9.17) is 9.47 Å². The molecule has 0 aliphatic heterocycles. The summed E-state index contributed by atoms with van der Waals surface area (Å²) in [6.07, 6.45) is 3.86. The van der Waals surface area contributed by atoms with Crippen LogP contribution in [0.15, 0.2) is 24.3 Å². The summed E-state index contributed by atoms with van der Waals surface area (Å²) in [5.41, 5.74) is -0.523. The minimum Gasteiger partial charge on any atom is -0.444 e. The maximum absolute atomic E-state index is 12.9. The molecule has 2 amide bonds. The molecule has 0 atom stereocenters. The zero-order valence-corrected chi connectivity index (χ0v) is 20.3. The van der Waals surface area contributed by atoms with Gasteiger partial charge in [0.25, 0.3) is 0 Å². The van der Waals surface area contributed by atoms with E-state index in [1.165, 1.54) is 12.8 Å². The average Bonchev–Trinajstić information content (AvgIpc) is 3.17. The monoisotopic (exact) mass is 446 g/mol. The number of benzene rings is 1. The van der Waals surface area contributed by atoms with Crippen molar-refractivity contribution < 1.29 is 23.9 Å². The van der Waals surface area contributed by atoms with E-state index in [1.807, 2.05) is 20.8 Å². The molecule has 1 saturated carbocycles. The van der Waals surface area contributed by atoms with E-state index in [1.54, 1.807) is 49.9 Å². The van der Waals surface area contributed by atoms with E-state index in [9.17, 15) is 14.4 Å². The molecule has 7 nitrogen and oxygen atoms in total. The Morgan fingerprint density at radius 2 is 1.72 bits per heavy atom. The highest BCUT2D eigenvalue weighted by atomic mass is 16.6. The van der Waals surface area contributed by atoms with E-state index in [0.29, 0.717) is 23.8 Å². The van der Waals surface area contributed by atoms with Crippen LogP contribution in [-0.2, 0) is 4.74 Å². The Morgan fingerprint density at radius 1 is 1.06 bits per heavy atom. The van der Waals surface area contributed by atoms with Gasteiger partial charge >= 0.3 is 12.2 Å². The van der Waals surface area contributed by atoms with Gasteiger partial charge in [-0.25, -0.2) is 9.59 Å². The van der Waals surface area contributed by atoms with Crippen molar-refractivity contribution in [3.05, 3.63) is 29.8 Å². The van der Waals surface area contributed by atoms with Crippen LogP contribution in [0.1, 0.15) is 84.0 Å². The Labute approximate surface area is 191 Å². The third-order valence-electron chi connectivity index (χ3n) is 5.33. The summed E-state index contributed by atoms with van der Waals surface area (Å²) in [7, 11) is 0. The lowest BCUT2D eigenvalue weighted by molar-refractivity contribution is 0.0527. The number of ether oxygens (including phenoxy) is 2. The quantitative estimate of drug-likeness (QED) is 0.553. The number of alkyl carbamates (subject to hydrolysis) is 1. The van der Waals surface area contributed by atoms with Crippen LogP contribution in [0.25, 0.3) is 0 Å². The van der Waals surface area contributed by atoms with E-state index in [0.717, 1.165) is 12.8 Å². The summed E-state index contributed by atoms with van der Waals surface area (Å²) in [5, 5.41) is 2.58. The molecule has 1 aromatic rings. The Bertz CT molecular complexity index is 801. The number of carbonyl (C=O) groups excluding carboxylic acids is 3. The summed E-state index contributed by atoms with van der Waals surface area (Å²) in [6, 6.07) is 6.61.